The van der Waals surface area contributed by atoms with E-state index in [4.69, 9.17) is 0 Å². The Morgan fingerprint density at radius 3 is 2.22 bits per heavy atom. The first-order chi connectivity index (χ1) is 15.3. The van der Waals surface area contributed by atoms with Crippen LogP contribution in [0.3, 0.4) is 0 Å². The van der Waals surface area contributed by atoms with E-state index in [9.17, 15) is 14.4 Å². The van der Waals surface area contributed by atoms with Crippen molar-refractivity contribution >= 4 is 23.4 Å². The highest BCUT2D eigenvalue weighted by molar-refractivity contribution is 6.04. The lowest BCUT2D eigenvalue weighted by Crippen LogP contribution is -2.29. The molecule has 32 heavy (non-hydrogen) atoms. The van der Waals surface area contributed by atoms with Gasteiger partial charge in [0, 0.05) is 37.3 Å². The van der Waals surface area contributed by atoms with E-state index >= 15 is 0 Å². The normalized spacial score (nSPS) is 11.3. The van der Waals surface area contributed by atoms with E-state index in [2.05, 4.69) is 10.6 Å². The van der Waals surface area contributed by atoms with Gasteiger partial charge in [0.1, 0.15) is 0 Å². The first-order valence-electron chi connectivity index (χ1n) is 10.4. The number of rotatable bonds is 7. The van der Waals surface area contributed by atoms with Crippen molar-refractivity contribution in [3.63, 3.8) is 0 Å². The molecule has 1 unspecified atom stereocenters. The Balaban J connectivity index is 1.68. The van der Waals surface area contributed by atoms with Gasteiger partial charge in [-0.1, -0.05) is 42.5 Å². The van der Waals surface area contributed by atoms with Gasteiger partial charge in [-0.2, -0.15) is 0 Å². The number of carbonyl (C=O) groups is 3. The van der Waals surface area contributed by atoms with E-state index < -0.39 is 0 Å². The average molecular weight is 430 g/mol. The van der Waals surface area contributed by atoms with Crippen molar-refractivity contribution in [2.24, 2.45) is 0 Å². The number of nitrogens with one attached hydrogen (secondary N) is 2. The standard InChI is InChI=1S/C26H27N3O3/c1-18(29(3)26(32)22-14-12-20(13-15-22)17-27-19(2)30)23-10-7-11-24(16-23)28-25(31)21-8-5-4-6-9-21/h4-16,18H,17H2,1-3H3,(H,27,30)(H,28,31). The van der Waals surface area contributed by atoms with Crippen LogP contribution in [-0.2, 0) is 11.3 Å². The summed E-state index contributed by atoms with van der Waals surface area (Å²) in [5.74, 6) is -0.387. The molecule has 0 fully saturated rings. The summed E-state index contributed by atoms with van der Waals surface area (Å²) in [5, 5.41) is 5.65. The molecule has 6 nitrogen and oxygen atoms in total. The van der Waals surface area contributed by atoms with Crippen LogP contribution in [0.4, 0.5) is 5.69 Å². The molecule has 0 aliphatic rings. The first-order valence-corrected chi connectivity index (χ1v) is 10.4. The zero-order valence-corrected chi connectivity index (χ0v) is 18.5. The molecule has 1 atom stereocenters. The molecule has 6 heteroatoms. The van der Waals surface area contributed by atoms with Crippen LogP contribution in [0.2, 0.25) is 0 Å². The highest BCUT2D eigenvalue weighted by Gasteiger charge is 2.19. The lowest BCUT2D eigenvalue weighted by atomic mass is 10.0. The van der Waals surface area contributed by atoms with Gasteiger partial charge in [-0.25, -0.2) is 0 Å². The molecule has 3 aromatic carbocycles. The van der Waals surface area contributed by atoms with Crippen LogP contribution in [0.25, 0.3) is 0 Å². The third-order valence-electron chi connectivity index (χ3n) is 5.31. The molecule has 3 rings (SSSR count). The Morgan fingerprint density at radius 1 is 0.875 bits per heavy atom. The Labute approximate surface area is 188 Å². The van der Waals surface area contributed by atoms with Gasteiger partial charge >= 0.3 is 0 Å². The second kappa shape index (κ2) is 10.4. The third-order valence-corrected chi connectivity index (χ3v) is 5.31. The molecule has 3 amide bonds. The van der Waals surface area contributed by atoms with E-state index in [1.807, 2.05) is 61.5 Å². The summed E-state index contributed by atoms with van der Waals surface area (Å²) in [4.78, 5) is 38.1. The summed E-state index contributed by atoms with van der Waals surface area (Å²) in [6, 6.07) is 23.5. The van der Waals surface area contributed by atoms with E-state index in [-0.39, 0.29) is 23.8 Å². The van der Waals surface area contributed by atoms with Crippen molar-refractivity contribution in [2.45, 2.75) is 26.4 Å². The molecule has 0 radical (unpaired) electrons. The molecule has 2 N–H and O–H groups in total. The molecule has 0 bridgehead atoms. The molecule has 0 aliphatic carbocycles. The van der Waals surface area contributed by atoms with Crippen LogP contribution in [0.15, 0.2) is 78.9 Å². The second-order valence-corrected chi connectivity index (χ2v) is 7.64. The van der Waals surface area contributed by atoms with Crippen molar-refractivity contribution in [3.8, 4) is 0 Å². The van der Waals surface area contributed by atoms with Crippen LogP contribution >= 0.6 is 0 Å². The Bertz CT molecular complexity index is 1090. The SMILES string of the molecule is CC(=O)NCc1ccc(C(=O)N(C)C(C)c2cccc(NC(=O)c3ccccc3)c2)cc1. The zero-order valence-electron chi connectivity index (χ0n) is 18.5. The topological polar surface area (TPSA) is 78.5 Å². The molecule has 0 aliphatic heterocycles. The molecule has 0 saturated carbocycles. The minimum atomic E-state index is -0.199. The summed E-state index contributed by atoms with van der Waals surface area (Å²) in [6.45, 7) is 3.84. The molecule has 0 saturated heterocycles. The van der Waals surface area contributed by atoms with Crippen LogP contribution in [0.5, 0.6) is 0 Å². The minimum Gasteiger partial charge on any atom is -0.352 e. The van der Waals surface area contributed by atoms with Crippen molar-refractivity contribution in [1.82, 2.24) is 10.2 Å². The van der Waals surface area contributed by atoms with Crippen molar-refractivity contribution in [3.05, 3.63) is 101 Å². The van der Waals surface area contributed by atoms with E-state index in [1.165, 1.54) is 6.92 Å². The Hall–Kier alpha value is -3.93. The number of hydrogen-bond donors (Lipinski definition) is 2. The predicted octanol–water partition coefficient (Wildman–Crippen LogP) is 4.41. The van der Waals surface area contributed by atoms with Gasteiger partial charge in [0.05, 0.1) is 6.04 Å². The number of amides is 3. The zero-order chi connectivity index (χ0) is 23.1. The Morgan fingerprint density at radius 2 is 1.56 bits per heavy atom. The van der Waals surface area contributed by atoms with Crippen LogP contribution in [0, 0.1) is 0 Å². The maximum Gasteiger partial charge on any atom is 0.255 e. The summed E-state index contributed by atoms with van der Waals surface area (Å²) in [6.07, 6.45) is 0. The highest BCUT2D eigenvalue weighted by Crippen LogP contribution is 2.24. The first kappa shape index (κ1) is 22.7. The second-order valence-electron chi connectivity index (χ2n) is 7.64. The number of carbonyl (C=O) groups excluding carboxylic acids is 3. The number of nitrogens with zero attached hydrogens (tertiary/aromatic N) is 1. The summed E-state index contributed by atoms with van der Waals surface area (Å²) in [7, 11) is 1.76. The van der Waals surface area contributed by atoms with E-state index in [0.29, 0.717) is 23.4 Å². The van der Waals surface area contributed by atoms with E-state index in [0.717, 1.165) is 11.1 Å². The summed E-state index contributed by atoms with van der Waals surface area (Å²) in [5.41, 5.74) is 3.66. The molecule has 0 heterocycles. The van der Waals surface area contributed by atoms with Gasteiger partial charge in [-0.15, -0.1) is 0 Å². The fraction of sp³-hybridized carbons (Fsp3) is 0.192. The van der Waals surface area contributed by atoms with Crippen LogP contribution < -0.4 is 10.6 Å². The van der Waals surface area contributed by atoms with E-state index in [1.54, 1.807) is 36.2 Å². The van der Waals surface area contributed by atoms with Crippen molar-refractivity contribution in [1.29, 1.82) is 0 Å². The maximum atomic E-state index is 13.0. The monoisotopic (exact) mass is 429 g/mol. The Kier molecular flexibility index (Phi) is 7.39. The van der Waals surface area contributed by atoms with Gasteiger partial charge in [0.2, 0.25) is 5.91 Å². The molecule has 0 spiro atoms. The van der Waals surface area contributed by atoms with Crippen LogP contribution in [-0.4, -0.2) is 29.7 Å². The third kappa shape index (κ3) is 5.82. The molecule has 0 aromatic heterocycles. The number of benzene rings is 3. The van der Waals surface area contributed by atoms with Crippen molar-refractivity contribution in [2.75, 3.05) is 12.4 Å². The van der Waals surface area contributed by atoms with Gasteiger partial charge < -0.3 is 15.5 Å². The average Bonchev–Trinajstić information content (AvgIpc) is 2.82. The molecular weight excluding hydrogens is 402 g/mol. The lowest BCUT2D eigenvalue weighted by Gasteiger charge is -2.26. The fourth-order valence-electron chi connectivity index (χ4n) is 3.26. The molecule has 3 aromatic rings. The summed E-state index contributed by atoms with van der Waals surface area (Å²) >= 11 is 0. The fourth-order valence-corrected chi connectivity index (χ4v) is 3.26. The molecular formula is C26H27N3O3. The highest BCUT2D eigenvalue weighted by atomic mass is 16.2. The lowest BCUT2D eigenvalue weighted by molar-refractivity contribution is -0.119. The van der Waals surface area contributed by atoms with Crippen molar-refractivity contribution < 1.29 is 14.4 Å². The van der Waals surface area contributed by atoms with Gasteiger partial charge in [-0.05, 0) is 54.4 Å². The van der Waals surface area contributed by atoms with Gasteiger partial charge in [0.15, 0.2) is 0 Å². The molecule has 164 valence electrons. The summed E-state index contributed by atoms with van der Waals surface area (Å²) < 4.78 is 0. The number of hydrogen-bond acceptors (Lipinski definition) is 3. The maximum absolute atomic E-state index is 13.0. The number of anilines is 1. The van der Waals surface area contributed by atoms with Gasteiger partial charge in [0.25, 0.3) is 11.8 Å². The largest absolute Gasteiger partial charge is 0.352 e. The minimum absolute atomic E-state index is 0.0964. The van der Waals surface area contributed by atoms with Gasteiger partial charge in [-0.3, -0.25) is 14.4 Å². The predicted molar refractivity (Wildman–Crippen MR) is 125 cm³/mol. The smallest absolute Gasteiger partial charge is 0.255 e. The quantitative estimate of drug-likeness (QED) is 0.584. The van der Waals surface area contributed by atoms with Crippen LogP contribution in [0.1, 0.15) is 51.7 Å².